The summed E-state index contributed by atoms with van der Waals surface area (Å²) in [6.45, 7) is 17.9. The predicted octanol–water partition coefficient (Wildman–Crippen LogP) is 0.385. The van der Waals surface area contributed by atoms with Gasteiger partial charge in [0, 0.05) is 32.4 Å². The standard InChI is InChI=1S/C11H21N5O.C10H18IN5O/c1-4-15(5-2)7-6-12-11(17)9-16-8-10(3)13-14-16;1-3-15(4-2)6-5-12-10(17)8-16-7-9(11)13-14-16/h8H,4-7,9H2,1-3H3,(H,12,17);7H,3-6,8H2,1-2H3,(H,12,17)/i;11-4. The minimum Gasteiger partial charge on any atom is -0.353 e. The van der Waals surface area contributed by atoms with E-state index >= 15 is 0 Å². The maximum Gasteiger partial charge on any atom is 0.241 e. The number of aryl methyl sites for hydroxylation is 1. The highest BCUT2D eigenvalue weighted by molar-refractivity contribution is 14.1. The molecule has 0 saturated carbocycles. The zero-order valence-corrected chi connectivity index (χ0v) is 23.2. The molecule has 0 aliphatic heterocycles. The van der Waals surface area contributed by atoms with Crippen molar-refractivity contribution in [1.29, 1.82) is 0 Å². The molecule has 2 aromatic heterocycles. The smallest absolute Gasteiger partial charge is 0.241 e. The van der Waals surface area contributed by atoms with Gasteiger partial charge < -0.3 is 20.4 Å². The number of amides is 2. The van der Waals surface area contributed by atoms with E-state index in [1.54, 1.807) is 17.1 Å². The van der Waals surface area contributed by atoms with Gasteiger partial charge in [-0.05, 0) is 55.7 Å². The summed E-state index contributed by atoms with van der Waals surface area (Å²) >= 11 is 2.06. The average molecular weight is 587 g/mol. The molecule has 0 bridgehead atoms. The lowest BCUT2D eigenvalue weighted by molar-refractivity contribution is -0.122. The van der Waals surface area contributed by atoms with Crippen LogP contribution in [0.3, 0.4) is 0 Å². The molecular weight excluding hydrogens is 547 g/mol. The number of aromatic nitrogens is 6. The summed E-state index contributed by atoms with van der Waals surface area (Å²) in [6.07, 6.45) is 3.49. The summed E-state index contributed by atoms with van der Waals surface area (Å²) in [6, 6.07) is 0. The van der Waals surface area contributed by atoms with E-state index in [0.29, 0.717) is 13.1 Å². The molecular formula is C21H39IN10O2. The Hall–Kier alpha value is -2.13. The van der Waals surface area contributed by atoms with Gasteiger partial charge in [-0.3, -0.25) is 9.59 Å². The van der Waals surface area contributed by atoms with Crippen LogP contribution in [0.4, 0.5) is 0 Å². The van der Waals surface area contributed by atoms with E-state index in [1.165, 1.54) is 4.68 Å². The van der Waals surface area contributed by atoms with Crippen LogP contribution in [0.2, 0.25) is 0 Å². The lowest BCUT2D eigenvalue weighted by Crippen LogP contribution is -2.36. The Kier molecular flexibility index (Phi) is 15.2. The van der Waals surface area contributed by atoms with Gasteiger partial charge in [0.05, 0.1) is 11.9 Å². The van der Waals surface area contributed by atoms with Crippen LogP contribution in [0.25, 0.3) is 0 Å². The van der Waals surface area contributed by atoms with Gasteiger partial charge in [-0.25, -0.2) is 9.36 Å². The molecule has 0 fully saturated rings. The molecule has 0 spiro atoms. The first-order chi connectivity index (χ1) is 16.3. The molecule has 2 N–H and O–H groups in total. The molecule has 2 amide bonds. The second-order valence-electron chi connectivity index (χ2n) is 7.55. The molecule has 0 atom stereocenters. The van der Waals surface area contributed by atoms with E-state index in [4.69, 9.17) is 0 Å². The second kappa shape index (κ2) is 17.3. The number of nitrogens with zero attached hydrogens (tertiary/aromatic N) is 8. The van der Waals surface area contributed by atoms with Crippen LogP contribution >= 0.6 is 22.6 Å². The van der Waals surface area contributed by atoms with Gasteiger partial charge in [-0.15, -0.1) is 10.2 Å². The number of rotatable bonds is 14. The zero-order chi connectivity index (χ0) is 25.3. The summed E-state index contributed by atoms with van der Waals surface area (Å²) < 4.78 is 3.87. The number of carbonyl (C=O) groups is 2. The molecule has 0 aliphatic carbocycles. The maximum absolute atomic E-state index is 11.6. The van der Waals surface area contributed by atoms with Crippen molar-refractivity contribution in [2.45, 2.75) is 47.7 Å². The lowest BCUT2D eigenvalue weighted by Gasteiger charge is -2.17. The molecule has 2 heterocycles. The molecule has 12 nitrogen and oxygen atoms in total. The predicted molar refractivity (Wildman–Crippen MR) is 139 cm³/mol. The van der Waals surface area contributed by atoms with Crippen LogP contribution in [-0.4, -0.2) is 104 Å². The number of likely N-dealkylation sites (N-methyl/N-ethyl adjacent to an activating group) is 2. The fraction of sp³-hybridized carbons (Fsp3) is 0.714. The van der Waals surface area contributed by atoms with Crippen molar-refractivity contribution in [2.75, 3.05) is 52.4 Å². The zero-order valence-electron chi connectivity index (χ0n) is 21.0. The van der Waals surface area contributed by atoms with Crippen LogP contribution in [-0.2, 0) is 22.7 Å². The van der Waals surface area contributed by atoms with Crippen LogP contribution < -0.4 is 10.6 Å². The average Bonchev–Trinajstić information content (AvgIpc) is 3.41. The van der Waals surface area contributed by atoms with E-state index in [0.717, 1.165) is 48.7 Å². The van der Waals surface area contributed by atoms with Crippen molar-refractivity contribution in [1.82, 2.24) is 50.4 Å². The molecule has 0 unspecified atom stereocenters. The van der Waals surface area contributed by atoms with Gasteiger partial charge in [-0.1, -0.05) is 38.1 Å². The number of halogens is 1. The Labute approximate surface area is 215 Å². The van der Waals surface area contributed by atoms with E-state index < -0.39 is 0 Å². The topological polar surface area (TPSA) is 126 Å². The van der Waals surface area contributed by atoms with Crippen molar-refractivity contribution in [3.05, 3.63) is 21.8 Å². The Morgan fingerprint density at radius 1 is 0.824 bits per heavy atom. The molecule has 0 saturated heterocycles. The first kappa shape index (κ1) is 29.9. The molecule has 13 heteroatoms. The Morgan fingerprint density at radius 2 is 1.26 bits per heavy atom. The highest BCUT2D eigenvalue weighted by atomic mass is 123. The van der Waals surface area contributed by atoms with Crippen molar-refractivity contribution in [3.8, 4) is 0 Å². The first-order valence-electron chi connectivity index (χ1n) is 11.7. The van der Waals surface area contributed by atoms with E-state index in [-0.39, 0.29) is 24.9 Å². The monoisotopic (exact) mass is 586 g/mol. The van der Waals surface area contributed by atoms with E-state index in [2.05, 4.69) is 91.3 Å². The lowest BCUT2D eigenvalue weighted by atomic mass is 10.4. The summed E-state index contributed by atoms with van der Waals surface area (Å²) in [5.74, 6) is -0.0551. The van der Waals surface area contributed by atoms with Crippen LogP contribution in [0.15, 0.2) is 12.4 Å². The van der Waals surface area contributed by atoms with Crippen molar-refractivity contribution >= 4 is 34.4 Å². The van der Waals surface area contributed by atoms with Crippen LogP contribution in [0, 0.1) is 10.6 Å². The Morgan fingerprint density at radius 3 is 1.62 bits per heavy atom. The SMILES string of the molecule is CCN(CC)CCNC(=O)Cn1cc(C)nn1.CCN(CC)CCNC(=O)Cn1cc([123I])nn1. The van der Waals surface area contributed by atoms with E-state index in [9.17, 15) is 9.59 Å². The number of hydrogen-bond acceptors (Lipinski definition) is 8. The van der Waals surface area contributed by atoms with Crippen molar-refractivity contribution < 1.29 is 9.59 Å². The van der Waals surface area contributed by atoms with Gasteiger partial charge in [0.15, 0.2) is 0 Å². The van der Waals surface area contributed by atoms with Crippen LogP contribution in [0.5, 0.6) is 0 Å². The molecule has 2 aromatic rings. The highest BCUT2D eigenvalue weighted by Gasteiger charge is 2.06. The molecule has 0 aromatic carbocycles. The third kappa shape index (κ3) is 12.9. The number of carbonyl (C=O) groups excluding carboxylic acids is 2. The Balaban J connectivity index is 0.000000340. The fourth-order valence-corrected chi connectivity index (χ4v) is 3.44. The summed E-state index contributed by atoms with van der Waals surface area (Å²) in [7, 11) is 0. The second-order valence-corrected chi connectivity index (χ2v) is 8.66. The normalized spacial score (nSPS) is 10.8. The van der Waals surface area contributed by atoms with Gasteiger partial charge in [0.1, 0.15) is 16.8 Å². The summed E-state index contributed by atoms with van der Waals surface area (Å²) in [4.78, 5) is 27.6. The summed E-state index contributed by atoms with van der Waals surface area (Å²) in [5, 5.41) is 21.0. The molecule has 0 radical (unpaired) electrons. The number of nitrogens with one attached hydrogen (secondary N) is 2. The van der Waals surface area contributed by atoms with Crippen LogP contribution in [0.1, 0.15) is 33.4 Å². The van der Waals surface area contributed by atoms with Gasteiger partial charge in [0.25, 0.3) is 0 Å². The summed E-state index contributed by atoms with van der Waals surface area (Å²) in [5.41, 5.74) is 0.820. The Bertz CT molecular complexity index is 765. The van der Waals surface area contributed by atoms with Gasteiger partial charge >= 0.3 is 0 Å². The fourth-order valence-electron chi connectivity index (χ4n) is 3.02. The largest absolute Gasteiger partial charge is 0.353 e. The van der Waals surface area contributed by atoms with Gasteiger partial charge in [-0.2, -0.15) is 0 Å². The van der Waals surface area contributed by atoms with Crippen molar-refractivity contribution in [2.24, 2.45) is 0 Å². The minimum absolute atomic E-state index is 0.0259. The molecule has 192 valence electrons. The maximum atomic E-state index is 11.6. The first-order valence-corrected chi connectivity index (χ1v) is 12.8. The highest BCUT2D eigenvalue weighted by Crippen LogP contribution is 1.96. The molecule has 34 heavy (non-hydrogen) atoms. The minimum atomic E-state index is -0.0292. The quantitative estimate of drug-likeness (QED) is 0.305. The molecule has 0 aliphatic rings. The third-order valence-electron chi connectivity index (χ3n) is 5.06. The third-order valence-corrected chi connectivity index (χ3v) is 5.56. The number of hydrogen-bond donors (Lipinski definition) is 2. The van der Waals surface area contributed by atoms with E-state index in [1.807, 2.05) is 6.92 Å². The molecule has 2 rings (SSSR count). The van der Waals surface area contributed by atoms with Gasteiger partial charge in [0.2, 0.25) is 11.8 Å². The van der Waals surface area contributed by atoms with Crippen molar-refractivity contribution in [3.63, 3.8) is 0 Å².